The van der Waals surface area contributed by atoms with E-state index in [-0.39, 0.29) is 27.0 Å². The molecule has 0 unspecified atom stereocenters. The number of nitro benzene ring substituents is 1. The number of carbonyl (C=O) groups is 3. The Hall–Kier alpha value is -4.02. The molecule has 11 heteroatoms. The van der Waals surface area contributed by atoms with Crippen LogP contribution in [0.15, 0.2) is 65.6 Å². The van der Waals surface area contributed by atoms with Crippen molar-refractivity contribution in [3.8, 4) is 11.1 Å². The predicted molar refractivity (Wildman–Crippen MR) is 135 cm³/mol. The molecule has 2 aromatic carbocycles. The molecule has 0 saturated carbocycles. The molecule has 2 N–H and O–H groups in total. The molecule has 0 aliphatic carbocycles. The number of carbonyl (C=O) groups excluding carboxylic acids is 3. The van der Waals surface area contributed by atoms with Gasteiger partial charge in [0.2, 0.25) is 5.91 Å². The lowest BCUT2D eigenvalue weighted by atomic mass is 10.0. The maximum Gasteiger partial charge on any atom is 0.342 e. The third-order valence-corrected chi connectivity index (χ3v) is 5.72. The van der Waals surface area contributed by atoms with E-state index in [1.807, 2.05) is 30.3 Å². The van der Waals surface area contributed by atoms with Crippen LogP contribution in [-0.4, -0.2) is 29.3 Å². The molecule has 0 atom stereocenters. The van der Waals surface area contributed by atoms with Crippen molar-refractivity contribution in [3.63, 3.8) is 0 Å². The van der Waals surface area contributed by atoms with E-state index in [1.165, 1.54) is 18.2 Å². The number of allylic oxidation sites excluding steroid dienone is 1. The summed E-state index contributed by atoms with van der Waals surface area (Å²) in [5, 5.41) is 17.9. The standard InChI is InChI=1S/C24H20ClN3O6S/c1-14(2)10-20(29)27-23-22(17(13-35-23)15-6-4-3-5-7-15)24(31)34-12-21(30)26-19-9-8-16(28(32)33)11-18(19)25/h3-11,13H,12H2,1-2H3,(H,26,30)(H,27,29). The van der Waals surface area contributed by atoms with Gasteiger partial charge < -0.3 is 15.4 Å². The number of thiophene rings is 1. The van der Waals surface area contributed by atoms with E-state index < -0.39 is 29.3 Å². The summed E-state index contributed by atoms with van der Waals surface area (Å²) in [6, 6.07) is 12.6. The zero-order valence-electron chi connectivity index (χ0n) is 18.7. The summed E-state index contributed by atoms with van der Waals surface area (Å²) in [7, 11) is 0. The lowest BCUT2D eigenvalue weighted by Crippen LogP contribution is -2.22. The van der Waals surface area contributed by atoms with Crippen molar-refractivity contribution >= 4 is 57.1 Å². The van der Waals surface area contributed by atoms with Crippen LogP contribution in [0.4, 0.5) is 16.4 Å². The highest BCUT2D eigenvalue weighted by molar-refractivity contribution is 7.15. The van der Waals surface area contributed by atoms with Crippen LogP contribution in [0.3, 0.4) is 0 Å². The van der Waals surface area contributed by atoms with Crippen LogP contribution >= 0.6 is 22.9 Å². The lowest BCUT2D eigenvalue weighted by Gasteiger charge is -2.10. The summed E-state index contributed by atoms with van der Waals surface area (Å²) >= 11 is 7.15. The Balaban J connectivity index is 1.78. The molecule has 0 aliphatic heterocycles. The fourth-order valence-electron chi connectivity index (χ4n) is 3.00. The second kappa shape index (κ2) is 11.4. The SMILES string of the molecule is CC(C)=CC(=O)Nc1scc(-c2ccccc2)c1C(=O)OCC(=O)Nc1ccc([N+](=O)[O-])cc1Cl. The van der Waals surface area contributed by atoms with Gasteiger partial charge >= 0.3 is 5.97 Å². The smallest absolute Gasteiger partial charge is 0.342 e. The minimum atomic E-state index is -0.803. The van der Waals surface area contributed by atoms with Gasteiger partial charge in [-0.25, -0.2) is 4.79 Å². The number of hydrogen-bond donors (Lipinski definition) is 2. The van der Waals surface area contributed by atoms with Crippen molar-refractivity contribution in [1.29, 1.82) is 0 Å². The quantitative estimate of drug-likeness (QED) is 0.173. The highest BCUT2D eigenvalue weighted by Gasteiger charge is 2.23. The molecule has 35 heavy (non-hydrogen) atoms. The number of esters is 1. The number of amides is 2. The summed E-state index contributed by atoms with van der Waals surface area (Å²) in [4.78, 5) is 47.8. The molecule has 0 bridgehead atoms. The van der Waals surface area contributed by atoms with E-state index in [0.717, 1.165) is 28.5 Å². The van der Waals surface area contributed by atoms with E-state index in [2.05, 4.69) is 10.6 Å². The first-order valence-corrected chi connectivity index (χ1v) is 11.4. The van der Waals surface area contributed by atoms with Crippen LogP contribution in [0.2, 0.25) is 5.02 Å². The normalized spacial score (nSPS) is 10.3. The molecule has 9 nitrogen and oxygen atoms in total. The van der Waals surface area contributed by atoms with Gasteiger partial charge in [-0.2, -0.15) is 0 Å². The molecular formula is C24H20ClN3O6S. The molecule has 180 valence electrons. The number of ether oxygens (including phenoxy) is 1. The van der Waals surface area contributed by atoms with Crippen molar-refractivity contribution in [1.82, 2.24) is 0 Å². The van der Waals surface area contributed by atoms with Crippen LogP contribution in [0, 0.1) is 10.1 Å². The first-order chi connectivity index (χ1) is 16.7. The van der Waals surface area contributed by atoms with Gasteiger partial charge in [-0.05, 0) is 25.5 Å². The highest BCUT2D eigenvalue weighted by atomic mass is 35.5. The Morgan fingerprint density at radius 3 is 2.46 bits per heavy atom. The lowest BCUT2D eigenvalue weighted by molar-refractivity contribution is -0.384. The first-order valence-electron chi connectivity index (χ1n) is 10.2. The highest BCUT2D eigenvalue weighted by Crippen LogP contribution is 2.36. The number of hydrogen-bond acceptors (Lipinski definition) is 7. The van der Waals surface area contributed by atoms with E-state index in [4.69, 9.17) is 16.3 Å². The molecule has 0 spiro atoms. The summed E-state index contributed by atoms with van der Waals surface area (Å²) in [6.07, 6.45) is 1.40. The molecule has 1 aromatic heterocycles. The molecular weight excluding hydrogens is 494 g/mol. The van der Waals surface area contributed by atoms with Crippen LogP contribution in [0.25, 0.3) is 11.1 Å². The monoisotopic (exact) mass is 513 g/mol. The number of benzene rings is 2. The molecule has 1 heterocycles. The van der Waals surface area contributed by atoms with Gasteiger partial charge in [0.15, 0.2) is 6.61 Å². The summed E-state index contributed by atoms with van der Waals surface area (Å²) < 4.78 is 5.23. The number of nitrogens with one attached hydrogen (secondary N) is 2. The molecule has 3 aromatic rings. The summed E-state index contributed by atoms with van der Waals surface area (Å²) in [5.74, 6) is -1.89. The van der Waals surface area contributed by atoms with Crippen LogP contribution in [-0.2, 0) is 14.3 Å². The summed E-state index contributed by atoms with van der Waals surface area (Å²) in [5.41, 5.74) is 2.10. The zero-order chi connectivity index (χ0) is 25.5. The topological polar surface area (TPSA) is 128 Å². The van der Waals surface area contributed by atoms with E-state index in [0.29, 0.717) is 5.56 Å². The minimum Gasteiger partial charge on any atom is -0.452 e. The number of non-ortho nitro benzene ring substituents is 1. The van der Waals surface area contributed by atoms with Gasteiger partial charge in [-0.3, -0.25) is 19.7 Å². The second-order valence-electron chi connectivity index (χ2n) is 7.48. The van der Waals surface area contributed by atoms with Crippen molar-refractivity contribution in [2.45, 2.75) is 13.8 Å². The predicted octanol–water partition coefficient (Wildman–Crippen LogP) is 5.68. The van der Waals surface area contributed by atoms with Gasteiger partial charge in [0.25, 0.3) is 11.6 Å². The first kappa shape index (κ1) is 25.6. The maximum absolute atomic E-state index is 13.0. The molecule has 0 saturated heterocycles. The fourth-order valence-corrected chi connectivity index (χ4v) is 4.18. The van der Waals surface area contributed by atoms with Crippen molar-refractivity contribution in [3.05, 3.63) is 86.3 Å². The average Bonchev–Trinajstić information content (AvgIpc) is 3.22. The van der Waals surface area contributed by atoms with Crippen LogP contribution in [0.1, 0.15) is 24.2 Å². The van der Waals surface area contributed by atoms with Crippen LogP contribution in [0.5, 0.6) is 0 Å². The largest absolute Gasteiger partial charge is 0.452 e. The maximum atomic E-state index is 13.0. The van der Waals surface area contributed by atoms with Gasteiger partial charge in [0, 0.05) is 29.2 Å². The van der Waals surface area contributed by atoms with Crippen molar-refractivity contribution in [2.75, 3.05) is 17.2 Å². The number of nitro groups is 1. The molecule has 3 rings (SSSR count). The Kier molecular flexibility index (Phi) is 8.34. The Labute approximate surface area is 209 Å². The van der Waals surface area contributed by atoms with E-state index >= 15 is 0 Å². The average molecular weight is 514 g/mol. The molecule has 0 fully saturated rings. The third kappa shape index (κ3) is 6.75. The third-order valence-electron chi connectivity index (χ3n) is 4.51. The van der Waals surface area contributed by atoms with Gasteiger partial charge in [-0.15, -0.1) is 11.3 Å². The number of rotatable bonds is 8. The number of nitrogens with zero attached hydrogens (tertiary/aromatic N) is 1. The van der Waals surface area contributed by atoms with Crippen LogP contribution < -0.4 is 10.6 Å². The Morgan fingerprint density at radius 2 is 1.83 bits per heavy atom. The zero-order valence-corrected chi connectivity index (χ0v) is 20.2. The summed E-state index contributed by atoms with van der Waals surface area (Å²) in [6.45, 7) is 2.90. The number of halogens is 1. The van der Waals surface area contributed by atoms with Gasteiger partial charge in [0.05, 0.1) is 15.6 Å². The molecule has 0 radical (unpaired) electrons. The molecule has 0 aliphatic rings. The Bertz CT molecular complexity index is 1320. The van der Waals surface area contributed by atoms with Gasteiger partial charge in [-0.1, -0.05) is 47.5 Å². The second-order valence-corrected chi connectivity index (χ2v) is 8.76. The van der Waals surface area contributed by atoms with Crippen molar-refractivity contribution < 1.29 is 24.0 Å². The minimum absolute atomic E-state index is 0.0349. The number of anilines is 2. The molecule has 2 amide bonds. The fraction of sp³-hybridized carbons (Fsp3) is 0.125. The van der Waals surface area contributed by atoms with Gasteiger partial charge in [0.1, 0.15) is 10.6 Å². The van der Waals surface area contributed by atoms with E-state index in [9.17, 15) is 24.5 Å². The Morgan fingerprint density at radius 1 is 1.11 bits per heavy atom. The van der Waals surface area contributed by atoms with E-state index in [1.54, 1.807) is 19.2 Å². The van der Waals surface area contributed by atoms with Crippen molar-refractivity contribution in [2.24, 2.45) is 0 Å².